The minimum absolute atomic E-state index is 0.117. The van der Waals surface area contributed by atoms with Crippen LogP contribution in [0.25, 0.3) is 22.2 Å². The Morgan fingerprint density at radius 3 is 2.62 bits per heavy atom. The molecule has 0 unspecified atom stereocenters. The molecule has 1 N–H and O–H groups in total. The molecule has 128 valence electrons. The number of amides is 1. The Bertz CT molecular complexity index is 1110. The summed E-state index contributed by atoms with van der Waals surface area (Å²) in [7, 11) is 0. The molecular weight excluding hydrogens is 399 g/mol. The Labute approximate surface area is 156 Å². The first-order chi connectivity index (χ1) is 12.6. The molecule has 0 bridgehead atoms. The number of anilines is 1. The van der Waals surface area contributed by atoms with E-state index < -0.39 is 11.7 Å². The number of halogens is 2. The van der Waals surface area contributed by atoms with Crippen LogP contribution in [0.1, 0.15) is 10.4 Å². The Balaban J connectivity index is 1.69. The van der Waals surface area contributed by atoms with Crippen LogP contribution in [-0.2, 0) is 0 Å². The molecule has 0 spiro atoms. The molecule has 0 radical (unpaired) electrons. The molecule has 0 fully saturated rings. The van der Waals surface area contributed by atoms with E-state index in [1.54, 1.807) is 24.3 Å². The van der Waals surface area contributed by atoms with Gasteiger partial charge >= 0.3 is 0 Å². The Morgan fingerprint density at radius 2 is 1.85 bits per heavy atom. The van der Waals surface area contributed by atoms with Crippen molar-refractivity contribution in [1.82, 2.24) is 5.16 Å². The highest BCUT2D eigenvalue weighted by Gasteiger charge is 2.15. The van der Waals surface area contributed by atoms with Gasteiger partial charge in [-0.15, -0.1) is 0 Å². The zero-order valence-corrected chi connectivity index (χ0v) is 15.0. The van der Waals surface area contributed by atoms with Gasteiger partial charge in [-0.05, 0) is 36.4 Å². The van der Waals surface area contributed by atoms with Crippen LogP contribution < -0.4 is 5.32 Å². The number of aromatic nitrogens is 1. The quantitative estimate of drug-likeness (QED) is 0.474. The fourth-order valence-electron chi connectivity index (χ4n) is 2.67. The lowest BCUT2D eigenvalue weighted by Crippen LogP contribution is -2.12. The summed E-state index contributed by atoms with van der Waals surface area (Å²) >= 11 is 3.19. The lowest BCUT2D eigenvalue weighted by Gasteiger charge is -2.07. The second kappa shape index (κ2) is 6.72. The van der Waals surface area contributed by atoms with Crippen molar-refractivity contribution in [2.75, 3.05) is 5.32 Å². The van der Waals surface area contributed by atoms with Crippen molar-refractivity contribution < 1.29 is 13.7 Å². The molecule has 0 aliphatic rings. The van der Waals surface area contributed by atoms with Crippen molar-refractivity contribution in [3.05, 3.63) is 82.6 Å². The van der Waals surface area contributed by atoms with Crippen LogP contribution in [0.15, 0.2) is 75.7 Å². The Morgan fingerprint density at radius 1 is 1.04 bits per heavy atom. The molecule has 3 aromatic carbocycles. The summed E-state index contributed by atoms with van der Waals surface area (Å²) in [6.45, 7) is 0. The molecule has 0 atom stereocenters. The van der Waals surface area contributed by atoms with Crippen LogP contribution in [0, 0.1) is 5.82 Å². The van der Waals surface area contributed by atoms with E-state index in [9.17, 15) is 9.18 Å². The number of rotatable bonds is 3. The van der Waals surface area contributed by atoms with Crippen molar-refractivity contribution in [2.45, 2.75) is 0 Å². The first kappa shape index (κ1) is 16.5. The summed E-state index contributed by atoms with van der Waals surface area (Å²) in [4.78, 5) is 12.5. The molecule has 0 aliphatic carbocycles. The van der Waals surface area contributed by atoms with Crippen LogP contribution in [0.2, 0.25) is 0 Å². The largest absolute Gasteiger partial charge is 0.355 e. The van der Waals surface area contributed by atoms with Gasteiger partial charge in [-0.1, -0.05) is 51.4 Å². The van der Waals surface area contributed by atoms with Crippen molar-refractivity contribution in [3.63, 3.8) is 0 Å². The van der Waals surface area contributed by atoms with Gasteiger partial charge in [-0.25, -0.2) is 4.39 Å². The molecule has 26 heavy (non-hydrogen) atoms. The third kappa shape index (κ3) is 3.11. The van der Waals surface area contributed by atoms with Crippen LogP contribution in [0.3, 0.4) is 0 Å². The van der Waals surface area contributed by atoms with Crippen molar-refractivity contribution in [1.29, 1.82) is 0 Å². The number of carbonyl (C=O) groups excluding carboxylic acids is 1. The number of nitrogens with one attached hydrogen (secondary N) is 1. The van der Waals surface area contributed by atoms with Crippen LogP contribution in [0.5, 0.6) is 0 Å². The predicted molar refractivity (Wildman–Crippen MR) is 101 cm³/mol. The van der Waals surface area contributed by atoms with E-state index in [1.165, 1.54) is 12.1 Å². The molecule has 1 amide bonds. The van der Waals surface area contributed by atoms with E-state index in [2.05, 4.69) is 26.4 Å². The molecule has 4 rings (SSSR count). The van der Waals surface area contributed by atoms with E-state index >= 15 is 0 Å². The van der Waals surface area contributed by atoms with Crippen molar-refractivity contribution >= 4 is 38.4 Å². The highest BCUT2D eigenvalue weighted by Crippen LogP contribution is 2.29. The number of nitrogens with zero attached hydrogens (tertiary/aromatic N) is 1. The SMILES string of the molecule is O=C(Nc1ccc(Br)cc1F)c1ccc2noc(-c3ccccc3)c2c1. The first-order valence-corrected chi connectivity index (χ1v) is 8.62. The third-order valence-corrected chi connectivity index (χ3v) is 4.45. The van der Waals surface area contributed by atoms with E-state index in [1.807, 2.05) is 30.3 Å². The smallest absolute Gasteiger partial charge is 0.255 e. The molecule has 4 nitrogen and oxygen atoms in total. The maximum Gasteiger partial charge on any atom is 0.255 e. The fourth-order valence-corrected chi connectivity index (χ4v) is 3.00. The zero-order chi connectivity index (χ0) is 18.1. The van der Waals surface area contributed by atoms with Gasteiger partial charge in [0.2, 0.25) is 0 Å². The molecule has 1 heterocycles. The van der Waals surface area contributed by atoms with Gasteiger partial charge in [0, 0.05) is 15.6 Å². The molecule has 0 saturated carbocycles. The van der Waals surface area contributed by atoms with E-state index in [0.717, 1.165) is 10.9 Å². The molecule has 4 aromatic rings. The topological polar surface area (TPSA) is 55.1 Å². The minimum Gasteiger partial charge on any atom is -0.355 e. The average molecular weight is 411 g/mol. The summed E-state index contributed by atoms with van der Waals surface area (Å²) in [5.74, 6) is -0.331. The van der Waals surface area contributed by atoms with Gasteiger partial charge in [0.05, 0.1) is 11.1 Å². The summed E-state index contributed by atoms with van der Waals surface area (Å²) in [6.07, 6.45) is 0. The standard InChI is InChI=1S/C20H12BrFN2O2/c21-14-7-9-18(16(22)11-14)23-20(25)13-6-8-17-15(10-13)19(26-24-17)12-4-2-1-3-5-12/h1-11H,(H,23,25). The van der Waals surface area contributed by atoms with Gasteiger partial charge in [0.15, 0.2) is 5.76 Å². The number of fused-ring (bicyclic) bond motifs is 1. The van der Waals surface area contributed by atoms with Gasteiger partial charge in [0.25, 0.3) is 5.91 Å². The predicted octanol–water partition coefficient (Wildman–Crippen LogP) is 5.65. The van der Waals surface area contributed by atoms with Crippen molar-refractivity contribution in [2.24, 2.45) is 0 Å². The molecule has 6 heteroatoms. The summed E-state index contributed by atoms with van der Waals surface area (Å²) in [5, 5.41) is 7.34. The van der Waals surface area contributed by atoms with Crippen LogP contribution >= 0.6 is 15.9 Å². The van der Waals surface area contributed by atoms with E-state index in [4.69, 9.17) is 4.52 Å². The number of carbonyl (C=O) groups is 1. The zero-order valence-electron chi connectivity index (χ0n) is 13.4. The molecule has 0 aliphatic heterocycles. The monoisotopic (exact) mass is 410 g/mol. The van der Waals surface area contributed by atoms with Crippen LogP contribution in [-0.4, -0.2) is 11.1 Å². The second-order valence-electron chi connectivity index (χ2n) is 5.69. The molecular formula is C20H12BrFN2O2. The number of hydrogen-bond acceptors (Lipinski definition) is 3. The molecule has 0 saturated heterocycles. The summed E-state index contributed by atoms with van der Waals surface area (Å²) in [6, 6.07) is 19.0. The Kier molecular flexibility index (Phi) is 4.26. The van der Waals surface area contributed by atoms with E-state index in [0.29, 0.717) is 21.3 Å². The Hall–Kier alpha value is -2.99. The fraction of sp³-hybridized carbons (Fsp3) is 0. The van der Waals surface area contributed by atoms with Crippen LogP contribution in [0.4, 0.5) is 10.1 Å². The first-order valence-electron chi connectivity index (χ1n) is 7.83. The van der Waals surface area contributed by atoms with Gasteiger partial charge in [0.1, 0.15) is 11.3 Å². The minimum atomic E-state index is -0.510. The number of hydrogen-bond donors (Lipinski definition) is 1. The summed E-state index contributed by atoms with van der Waals surface area (Å²) in [5.41, 5.74) is 2.02. The van der Waals surface area contributed by atoms with E-state index in [-0.39, 0.29) is 5.69 Å². The average Bonchev–Trinajstić information content (AvgIpc) is 3.08. The highest BCUT2D eigenvalue weighted by molar-refractivity contribution is 9.10. The lowest BCUT2D eigenvalue weighted by atomic mass is 10.1. The number of benzene rings is 3. The van der Waals surface area contributed by atoms with Gasteiger partial charge in [-0.2, -0.15) is 0 Å². The van der Waals surface area contributed by atoms with Crippen molar-refractivity contribution in [3.8, 4) is 11.3 Å². The molecule has 1 aromatic heterocycles. The maximum absolute atomic E-state index is 13.9. The maximum atomic E-state index is 13.9. The normalized spacial score (nSPS) is 10.8. The highest BCUT2D eigenvalue weighted by atomic mass is 79.9. The van der Waals surface area contributed by atoms with Gasteiger partial charge < -0.3 is 9.84 Å². The third-order valence-electron chi connectivity index (χ3n) is 3.95. The second-order valence-corrected chi connectivity index (χ2v) is 6.60. The van der Waals surface area contributed by atoms with Gasteiger partial charge in [-0.3, -0.25) is 4.79 Å². The summed E-state index contributed by atoms with van der Waals surface area (Å²) < 4.78 is 20.0. The lowest BCUT2D eigenvalue weighted by molar-refractivity contribution is 0.102.